The molecule has 370 valence electrons. The van der Waals surface area contributed by atoms with Gasteiger partial charge in [0.2, 0.25) is 0 Å². The number of nitrogens with two attached hydrogens (primary N) is 2. The highest BCUT2D eigenvalue weighted by Crippen LogP contribution is 2.37. The van der Waals surface area contributed by atoms with Crippen LogP contribution in [0.5, 0.6) is 0 Å². The number of aryl methyl sites for hydroxylation is 2. The third-order valence-electron chi connectivity index (χ3n) is 12.7. The molecule has 0 atom stereocenters. The Kier molecular flexibility index (Phi) is 17.9. The van der Waals surface area contributed by atoms with Gasteiger partial charge in [0.25, 0.3) is 0 Å². The van der Waals surface area contributed by atoms with Crippen LogP contribution in [0.25, 0.3) is 11.1 Å². The normalized spacial score (nSPS) is 16.1. The van der Waals surface area contributed by atoms with E-state index < -0.39 is 30.4 Å². The second kappa shape index (κ2) is 22.5. The van der Waals surface area contributed by atoms with Crippen LogP contribution in [-0.4, -0.2) is 87.7 Å². The number of nitrogens with zero attached hydrogens (tertiary/aromatic N) is 7. The van der Waals surface area contributed by atoms with Crippen LogP contribution < -0.4 is 26.7 Å². The van der Waals surface area contributed by atoms with Gasteiger partial charge in [-0.15, -0.1) is 0 Å². The molecule has 5 N–H and O–H groups in total. The van der Waals surface area contributed by atoms with E-state index in [1.54, 1.807) is 59.1 Å². The fraction of sp³-hybridized carbons (Fsp3) is 0.460. The van der Waals surface area contributed by atoms with E-state index in [0.29, 0.717) is 24.7 Å². The van der Waals surface area contributed by atoms with Crippen molar-refractivity contribution in [1.82, 2.24) is 24.9 Å². The van der Waals surface area contributed by atoms with E-state index in [1.807, 2.05) is 92.2 Å². The van der Waals surface area contributed by atoms with Crippen molar-refractivity contribution in [1.29, 1.82) is 0 Å². The lowest BCUT2D eigenvalue weighted by molar-refractivity contribution is 0.00578. The minimum absolute atomic E-state index is 0.267. The molecule has 1 fully saturated rings. The van der Waals surface area contributed by atoms with Crippen LogP contribution in [0.4, 0.5) is 21.2 Å². The monoisotopic (exact) mass is 1070 g/mol. The summed E-state index contributed by atoms with van der Waals surface area (Å²) in [6.07, 6.45) is 17.5. The number of carbonyl (C=O) groups is 2. The number of aromatic nitrogens is 5. The second-order valence-electron chi connectivity index (χ2n) is 19.5. The predicted molar refractivity (Wildman–Crippen MR) is 277 cm³/mol. The third kappa shape index (κ3) is 13.9. The summed E-state index contributed by atoms with van der Waals surface area (Å²) in [7, 11) is 2.94. The van der Waals surface area contributed by atoms with Crippen molar-refractivity contribution < 1.29 is 33.5 Å². The van der Waals surface area contributed by atoms with Crippen molar-refractivity contribution in [3.63, 3.8) is 0 Å². The van der Waals surface area contributed by atoms with Gasteiger partial charge in [-0.25, -0.2) is 19.6 Å². The van der Waals surface area contributed by atoms with Crippen molar-refractivity contribution in [2.45, 2.75) is 123 Å². The summed E-state index contributed by atoms with van der Waals surface area (Å²) in [5.74, 6) is 1.32. The molecule has 3 aliphatic rings. The van der Waals surface area contributed by atoms with E-state index in [2.05, 4.69) is 68.9 Å². The molecule has 0 spiro atoms. The first-order chi connectivity index (χ1) is 32.2. The molecule has 0 unspecified atom stereocenters. The average Bonchev–Trinajstić information content (AvgIpc) is 3.53. The van der Waals surface area contributed by atoms with Crippen LogP contribution >= 0.6 is 31.9 Å². The summed E-state index contributed by atoms with van der Waals surface area (Å²) < 4.78 is 24.8. The number of amides is 4. The number of anilines is 2. The maximum Gasteiger partial charge on any atom is 0.496 e. The second-order valence-corrected chi connectivity index (χ2v) is 21.3. The quantitative estimate of drug-likeness (QED) is 0.130. The maximum atomic E-state index is 11.5. The van der Waals surface area contributed by atoms with Crippen LogP contribution in [0.2, 0.25) is 0 Å². The minimum Gasteiger partial charge on any atom is -0.399 e. The van der Waals surface area contributed by atoms with Gasteiger partial charge < -0.3 is 35.4 Å². The number of ether oxygens (including phenoxy) is 2. The topological polar surface area (TPSA) is 214 Å². The van der Waals surface area contributed by atoms with Gasteiger partial charge in [0.15, 0.2) is 0 Å². The standard InChI is InChI=1S/C18H22N4O2.C15H22BN3O3.C9H12BrNO.C8H10BrNO/c1-18(2,24-3)15-8-14(9-20-11-15)13-7-12-5-4-6-22(17(19)23)16(12)21-10-13;1-14(2)15(3,4)22-16(21-14)11-8-10-6-5-7-19(13(17)20)12(10)18-9-11;1-9(2,12-3)7-4-8(10)6-11-5-7;1-8(2,11)6-3-7(9)5-10-4-6/h7-11H,4-6H2,1-3H3,(H2,19,23);8-9H,5-7H2,1-4H3,(H2,17,20);4-6H,1-3H3;3-5,11H,1-2H3. The van der Waals surface area contributed by atoms with Gasteiger partial charge in [-0.2, -0.15) is 0 Å². The highest BCUT2D eigenvalue weighted by Gasteiger charge is 2.52. The first kappa shape index (κ1) is 55.0. The van der Waals surface area contributed by atoms with E-state index >= 15 is 0 Å². The minimum atomic E-state index is -0.809. The van der Waals surface area contributed by atoms with Gasteiger partial charge in [-0.1, -0.05) is 6.07 Å². The Morgan fingerprint density at radius 2 is 1.06 bits per heavy atom. The number of methoxy groups -OCH3 is 2. The highest BCUT2D eigenvalue weighted by atomic mass is 79.9. The van der Waals surface area contributed by atoms with Crippen LogP contribution in [0.1, 0.15) is 110 Å². The van der Waals surface area contributed by atoms with Crippen molar-refractivity contribution in [2.24, 2.45) is 11.5 Å². The molecule has 8 heterocycles. The van der Waals surface area contributed by atoms with Gasteiger partial charge in [-0.05, 0) is 162 Å². The van der Waals surface area contributed by atoms with E-state index in [9.17, 15) is 14.7 Å². The number of primary amides is 2. The van der Waals surface area contributed by atoms with Gasteiger partial charge in [0.05, 0.1) is 28.0 Å². The van der Waals surface area contributed by atoms with Crippen molar-refractivity contribution >= 4 is 68.1 Å². The van der Waals surface area contributed by atoms with Crippen molar-refractivity contribution in [2.75, 3.05) is 37.1 Å². The summed E-state index contributed by atoms with van der Waals surface area (Å²) in [6.45, 7) is 20.8. The van der Waals surface area contributed by atoms with Crippen LogP contribution in [0.15, 0.2) is 88.9 Å². The molecule has 0 saturated carbocycles. The summed E-state index contributed by atoms with van der Waals surface area (Å²) in [4.78, 5) is 47.3. The lowest BCUT2D eigenvalue weighted by Crippen LogP contribution is -2.41. The van der Waals surface area contributed by atoms with E-state index in [4.69, 9.17) is 30.2 Å². The van der Waals surface area contributed by atoms with Crippen LogP contribution in [-0.2, 0) is 48.4 Å². The number of hydrogen-bond acceptors (Lipinski definition) is 12. The zero-order chi connectivity index (χ0) is 51.1. The van der Waals surface area contributed by atoms with Gasteiger partial charge in [0.1, 0.15) is 11.6 Å². The molecule has 5 aromatic rings. The molecule has 0 bridgehead atoms. The molecule has 1 saturated heterocycles. The molecule has 0 radical (unpaired) electrons. The average molecular weight is 1080 g/mol. The van der Waals surface area contributed by atoms with E-state index in [0.717, 1.165) is 79.0 Å². The van der Waals surface area contributed by atoms with Gasteiger partial charge in [0, 0.05) is 119 Å². The lowest BCUT2D eigenvalue weighted by Gasteiger charge is -2.32. The molecule has 4 amide bonds. The molecule has 0 aromatic carbocycles. The summed E-state index contributed by atoms with van der Waals surface area (Å²) in [5.41, 5.74) is 16.4. The Labute approximate surface area is 423 Å². The van der Waals surface area contributed by atoms with Crippen molar-refractivity contribution in [3.8, 4) is 11.1 Å². The van der Waals surface area contributed by atoms with E-state index in [1.165, 1.54) is 9.80 Å². The SMILES string of the molecule is CC(C)(O)c1cncc(Br)c1.CC1(C)OB(c2cnc3c(c2)CCCN3C(N)=O)OC1(C)C.COC(C)(C)c1cncc(-c2cnc3c(c2)CCCN3C(N)=O)c1.COC(C)(C)c1cncc(Br)c1. The third-order valence-corrected chi connectivity index (χ3v) is 13.6. The Balaban J connectivity index is 0.000000181. The summed E-state index contributed by atoms with van der Waals surface area (Å²) in [6, 6.07) is 9.09. The maximum absolute atomic E-state index is 11.5. The number of halogens is 2. The molecular formula is C50H66BBr2N9O7. The Hall–Kier alpha value is -4.89. The molecule has 5 aromatic heterocycles. The Morgan fingerprint density at radius 1 is 0.638 bits per heavy atom. The number of pyridine rings is 5. The van der Waals surface area contributed by atoms with Crippen molar-refractivity contribution in [3.05, 3.63) is 117 Å². The zero-order valence-electron chi connectivity index (χ0n) is 41.8. The predicted octanol–water partition coefficient (Wildman–Crippen LogP) is 8.87. The lowest BCUT2D eigenvalue weighted by atomic mass is 9.79. The molecule has 3 aliphatic heterocycles. The van der Waals surface area contributed by atoms with Gasteiger partial charge in [-0.3, -0.25) is 24.8 Å². The first-order valence-electron chi connectivity index (χ1n) is 22.7. The van der Waals surface area contributed by atoms with Crippen LogP contribution in [0, 0.1) is 0 Å². The molecule has 16 nitrogen and oxygen atoms in total. The number of aliphatic hydroxyl groups is 1. The molecule has 19 heteroatoms. The summed E-state index contributed by atoms with van der Waals surface area (Å²) >= 11 is 6.65. The smallest absolute Gasteiger partial charge is 0.399 e. The molecule has 0 aliphatic carbocycles. The number of fused-ring (bicyclic) bond motifs is 2. The van der Waals surface area contributed by atoms with Gasteiger partial charge >= 0.3 is 19.2 Å². The number of urea groups is 2. The van der Waals surface area contributed by atoms with Crippen LogP contribution in [0.3, 0.4) is 0 Å². The number of carbonyl (C=O) groups excluding carboxylic acids is 2. The number of rotatable bonds is 7. The Bertz CT molecular complexity index is 2580. The van der Waals surface area contributed by atoms with E-state index in [-0.39, 0.29) is 16.8 Å². The molecule has 8 rings (SSSR count). The Morgan fingerprint density at radius 3 is 1.51 bits per heavy atom. The molecular weight excluding hydrogens is 1010 g/mol. The zero-order valence-corrected chi connectivity index (χ0v) is 44.9. The number of hydrogen-bond donors (Lipinski definition) is 3. The molecule has 69 heavy (non-hydrogen) atoms. The fourth-order valence-electron chi connectivity index (χ4n) is 7.29. The largest absolute Gasteiger partial charge is 0.496 e. The summed E-state index contributed by atoms with van der Waals surface area (Å²) in [5, 5.41) is 9.55. The fourth-order valence-corrected chi connectivity index (χ4v) is 8.02. The highest BCUT2D eigenvalue weighted by molar-refractivity contribution is 9.10. The first-order valence-corrected chi connectivity index (χ1v) is 24.3.